The van der Waals surface area contributed by atoms with Gasteiger partial charge >= 0.3 is 6.36 Å². The van der Waals surface area contributed by atoms with Crippen LogP contribution >= 0.6 is 0 Å². The number of hydrogen-bond donors (Lipinski definition) is 3. The van der Waals surface area contributed by atoms with Crippen LogP contribution in [0.25, 0.3) is 22.0 Å². The fourth-order valence-corrected chi connectivity index (χ4v) is 4.47. The Balaban J connectivity index is 1.02. The molecule has 43 heavy (non-hydrogen) atoms. The van der Waals surface area contributed by atoms with Gasteiger partial charge in [0, 0.05) is 31.2 Å². The summed E-state index contributed by atoms with van der Waals surface area (Å²) < 4.78 is 59.5. The Morgan fingerprint density at radius 2 is 1.81 bits per heavy atom. The molecule has 0 aliphatic heterocycles. The summed E-state index contributed by atoms with van der Waals surface area (Å²) in [5, 5.41) is 28.1. The Morgan fingerprint density at radius 1 is 0.930 bits per heavy atom. The third kappa shape index (κ3) is 8.90. The first-order valence-corrected chi connectivity index (χ1v) is 13.5. The van der Waals surface area contributed by atoms with Crippen LogP contribution in [0.15, 0.2) is 65.8 Å². The van der Waals surface area contributed by atoms with E-state index in [-0.39, 0.29) is 11.6 Å². The lowest BCUT2D eigenvalue weighted by Crippen LogP contribution is -2.18. The van der Waals surface area contributed by atoms with Crippen LogP contribution in [-0.4, -0.2) is 63.2 Å². The maximum absolute atomic E-state index is 12.8. The Morgan fingerprint density at radius 3 is 2.63 bits per heavy atom. The van der Waals surface area contributed by atoms with Gasteiger partial charge in [0.05, 0.1) is 36.1 Å². The molecule has 0 amide bonds. The first kappa shape index (κ1) is 29.8. The van der Waals surface area contributed by atoms with Gasteiger partial charge in [-0.15, -0.1) is 18.3 Å². The number of aromatic nitrogens is 5. The highest BCUT2D eigenvalue weighted by Gasteiger charge is 2.31. The number of ether oxygens (including phenoxy) is 3. The van der Waals surface area contributed by atoms with Gasteiger partial charge in [0.1, 0.15) is 23.9 Å². The van der Waals surface area contributed by atoms with Gasteiger partial charge in [-0.2, -0.15) is 10.2 Å². The molecule has 0 radical (unpaired) electrons. The monoisotopic (exact) mass is 598 g/mol. The minimum Gasteiger partial charge on any atom is -0.492 e. The number of aromatic amines is 1. The number of nitrogens with one attached hydrogen (secondary N) is 2. The van der Waals surface area contributed by atoms with E-state index in [9.17, 15) is 18.3 Å². The van der Waals surface area contributed by atoms with Gasteiger partial charge < -0.3 is 29.1 Å². The molecule has 5 aromatic rings. The van der Waals surface area contributed by atoms with E-state index in [1.165, 1.54) is 30.8 Å². The quantitative estimate of drug-likeness (QED) is 0.138. The normalized spacial score (nSPS) is 11.7. The molecule has 2 aromatic carbocycles. The zero-order valence-electron chi connectivity index (χ0n) is 22.9. The summed E-state index contributed by atoms with van der Waals surface area (Å²) in [4.78, 5) is 3.84. The van der Waals surface area contributed by atoms with E-state index >= 15 is 0 Å². The standard InChI is InChI=1S/C29H29F3N6O5/c30-29(31,32)43-23-8-19(9-24-16-34-18-42-24)7-20(10-23)14-33-3-1-2-4-40-5-6-41-27-12-21(11-26-25(27)17-36-37-26)22-13-28(39)38-35-15-22/h7-8,10-13,15-18,33H,1-6,9,14H2,(H,36,37)(H,38,39). The van der Waals surface area contributed by atoms with Crippen LogP contribution in [0.5, 0.6) is 17.4 Å². The molecule has 14 heteroatoms. The molecule has 3 aromatic heterocycles. The molecule has 0 saturated heterocycles. The predicted molar refractivity (Wildman–Crippen MR) is 148 cm³/mol. The molecule has 0 unspecified atom stereocenters. The SMILES string of the molecule is Oc1cc(-c2cc(OCCOCCCCNCc3cc(Cc4cnco4)cc(OC(F)(F)F)c3)c3cn[nH]c3c2)cnn1. The molecular formula is C29H29F3N6O5. The molecule has 11 nitrogen and oxygen atoms in total. The molecule has 0 bridgehead atoms. The van der Waals surface area contributed by atoms with E-state index in [1.54, 1.807) is 12.4 Å². The summed E-state index contributed by atoms with van der Waals surface area (Å²) in [6.07, 6.45) is 3.16. The number of unbranched alkanes of at least 4 members (excludes halogenated alkanes) is 1. The van der Waals surface area contributed by atoms with Crippen LogP contribution in [0.4, 0.5) is 13.2 Å². The van der Waals surface area contributed by atoms with E-state index < -0.39 is 6.36 Å². The molecule has 3 N–H and O–H groups in total. The first-order valence-electron chi connectivity index (χ1n) is 13.5. The minimum atomic E-state index is -4.78. The molecular weight excluding hydrogens is 569 g/mol. The Labute approximate surface area is 244 Å². The Bertz CT molecular complexity index is 1610. The number of oxazole rings is 1. The highest BCUT2D eigenvalue weighted by molar-refractivity contribution is 5.89. The van der Waals surface area contributed by atoms with Crippen molar-refractivity contribution in [3.8, 4) is 28.5 Å². The average molecular weight is 599 g/mol. The Hall–Kier alpha value is -4.69. The maximum Gasteiger partial charge on any atom is 0.573 e. The largest absolute Gasteiger partial charge is 0.573 e. The topological polar surface area (TPSA) is 140 Å². The Kier molecular flexibility index (Phi) is 9.69. The van der Waals surface area contributed by atoms with Gasteiger partial charge in [-0.1, -0.05) is 6.07 Å². The van der Waals surface area contributed by atoms with E-state index in [0.717, 1.165) is 29.3 Å². The minimum absolute atomic E-state index is 0.175. The summed E-state index contributed by atoms with van der Waals surface area (Å²) in [7, 11) is 0. The molecule has 0 saturated carbocycles. The number of alkyl halides is 3. The third-order valence-corrected chi connectivity index (χ3v) is 6.32. The van der Waals surface area contributed by atoms with Gasteiger partial charge in [0.25, 0.3) is 0 Å². The molecule has 0 fully saturated rings. The number of rotatable bonds is 15. The highest BCUT2D eigenvalue weighted by atomic mass is 19.4. The second-order valence-corrected chi connectivity index (χ2v) is 9.63. The van der Waals surface area contributed by atoms with Gasteiger partial charge in [0.2, 0.25) is 5.88 Å². The fraction of sp³-hybridized carbons (Fsp3) is 0.310. The number of H-pyrrole nitrogens is 1. The second kappa shape index (κ2) is 14.0. The van der Waals surface area contributed by atoms with Gasteiger partial charge in [0.15, 0.2) is 6.39 Å². The van der Waals surface area contributed by atoms with Crippen LogP contribution in [0, 0.1) is 0 Å². The molecule has 5 rings (SSSR count). The van der Waals surface area contributed by atoms with Gasteiger partial charge in [-0.3, -0.25) is 5.10 Å². The van der Waals surface area contributed by atoms with Crippen molar-refractivity contribution in [2.75, 3.05) is 26.4 Å². The smallest absolute Gasteiger partial charge is 0.492 e. The summed E-state index contributed by atoms with van der Waals surface area (Å²) in [6, 6.07) is 9.79. The van der Waals surface area contributed by atoms with Gasteiger partial charge in [-0.25, -0.2) is 4.98 Å². The van der Waals surface area contributed by atoms with Crippen molar-refractivity contribution >= 4 is 10.9 Å². The van der Waals surface area contributed by atoms with E-state index in [1.807, 2.05) is 18.2 Å². The lowest BCUT2D eigenvalue weighted by atomic mass is 10.1. The number of hydrogen-bond acceptors (Lipinski definition) is 10. The predicted octanol–water partition coefficient (Wildman–Crippen LogP) is 5.17. The number of nitrogens with zero attached hydrogens (tertiary/aromatic N) is 4. The van der Waals surface area contributed by atoms with Crippen LogP contribution in [-0.2, 0) is 17.7 Å². The molecule has 0 aliphatic carbocycles. The van der Waals surface area contributed by atoms with E-state index in [4.69, 9.17) is 13.9 Å². The van der Waals surface area contributed by atoms with Crippen LogP contribution in [0.2, 0.25) is 0 Å². The second-order valence-electron chi connectivity index (χ2n) is 9.63. The van der Waals surface area contributed by atoms with Crippen molar-refractivity contribution in [3.63, 3.8) is 0 Å². The van der Waals surface area contributed by atoms with Crippen molar-refractivity contribution in [3.05, 3.63) is 78.3 Å². The van der Waals surface area contributed by atoms with Crippen molar-refractivity contribution in [2.24, 2.45) is 0 Å². The fourth-order valence-electron chi connectivity index (χ4n) is 4.47. The number of halogens is 3. The van der Waals surface area contributed by atoms with Crippen LogP contribution in [0.3, 0.4) is 0 Å². The summed E-state index contributed by atoms with van der Waals surface area (Å²) in [5.41, 5.74) is 3.55. The lowest BCUT2D eigenvalue weighted by molar-refractivity contribution is -0.274. The molecule has 3 heterocycles. The van der Waals surface area contributed by atoms with Crippen molar-refractivity contribution in [1.29, 1.82) is 0 Å². The molecule has 0 atom stereocenters. The van der Waals surface area contributed by atoms with E-state index in [2.05, 4.69) is 35.4 Å². The zero-order valence-corrected chi connectivity index (χ0v) is 22.9. The lowest BCUT2D eigenvalue weighted by Gasteiger charge is -2.13. The van der Waals surface area contributed by atoms with Crippen LogP contribution in [0.1, 0.15) is 29.7 Å². The summed E-state index contributed by atoms with van der Waals surface area (Å²) in [5.74, 6) is 0.719. The summed E-state index contributed by atoms with van der Waals surface area (Å²) >= 11 is 0. The number of benzene rings is 2. The van der Waals surface area contributed by atoms with Crippen molar-refractivity contribution in [2.45, 2.75) is 32.2 Å². The first-order chi connectivity index (χ1) is 20.8. The number of aromatic hydroxyl groups is 1. The molecule has 226 valence electrons. The highest BCUT2D eigenvalue weighted by Crippen LogP contribution is 2.32. The van der Waals surface area contributed by atoms with Crippen molar-refractivity contribution < 1.29 is 36.9 Å². The molecule has 0 spiro atoms. The number of fused-ring (bicyclic) bond motifs is 1. The molecule has 0 aliphatic rings. The maximum atomic E-state index is 12.8. The third-order valence-electron chi connectivity index (χ3n) is 6.32. The van der Waals surface area contributed by atoms with E-state index in [0.29, 0.717) is 67.5 Å². The van der Waals surface area contributed by atoms with Crippen molar-refractivity contribution in [1.82, 2.24) is 30.7 Å². The van der Waals surface area contributed by atoms with Gasteiger partial charge in [-0.05, 0) is 60.3 Å². The summed E-state index contributed by atoms with van der Waals surface area (Å²) in [6.45, 7) is 2.28. The van der Waals surface area contributed by atoms with Crippen LogP contribution < -0.4 is 14.8 Å². The average Bonchev–Trinajstić information content (AvgIpc) is 3.65. The zero-order chi connectivity index (χ0) is 30.1.